The van der Waals surface area contributed by atoms with Crippen molar-refractivity contribution in [1.29, 1.82) is 0 Å². The summed E-state index contributed by atoms with van der Waals surface area (Å²) in [6.45, 7) is 0.612. The second kappa shape index (κ2) is 5.50. The first-order chi connectivity index (χ1) is 9.35. The molecule has 5 nitrogen and oxygen atoms in total. The maximum atomic E-state index is 5.63. The molecule has 1 N–H and O–H groups in total. The van der Waals surface area contributed by atoms with Gasteiger partial charge in [0.25, 0.3) is 0 Å². The molecule has 1 aliphatic rings. The first-order valence-electron chi connectivity index (χ1n) is 6.49. The zero-order chi connectivity index (χ0) is 13.1. The molecule has 0 atom stereocenters. The molecule has 19 heavy (non-hydrogen) atoms. The number of nitrogens with zero attached hydrogens (tertiary/aromatic N) is 2. The third-order valence-electron chi connectivity index (χ3n) is 3.46. The van der Waals surface area contributed by atoms with E-state index < -0.39 is 0 Å². The Bertz CT molecular complexity index is 520. The van der Waals surface area contributed by atoms with E-state index in [2.05, 4.69) is 15.5 Å². The molecular weight excluding hydrogens is 242 g/mol. The summed E-state index contributed by atoms with van der Waals surface area (Å²) in [5.74, 6) is 1.19. The lowest BCUT2D eigenvalue weighted by Gasteiger charge is -2.34. The molecular formula is C14H17N3O2. The summed E-state index contributed by atoms with van der Waals surface area (Å²) < 4.78 is 10.9. The van der Waals surface area contributed by atoms with Crippen molar-refractivity contribution in [3.63, 3.8) is 0 Å². The molecule has 0 saturated heterocycles. The highest BCUT2D eigenvalue weighted by atomic mass is 16.5. The van der Waals surface area contributed by atoms with Crippen molar-refractivity contribution in [1.82, 2.24) is 15.5 Å². The molecule has 0 amide bonds. The first kappa shape index (κ1) is 12.3. The second-order valence-electron chi connectivity index (χ2n) is 4.77. The van der Waals surface area contributed by atoms with Crippen LogP contribution in [0.5, 0.6) is 0 Å². The highest BCUT2D eigenvalue weighted by molar-refractivity contribution is 5.51. The van der Waals surface area contributed by atoms with Crippen molar-refractivity contribution < 1.29 is 9.15 Å². The Morgan fingerprint density at radius 1 is 1.26 bits per heavy atom. The Morgan fingerprint density at radius 2 is 2.05 bits per heavy atom. The fourth-order valence-electron chi connectivity index (χ4n) is 2.18. The predicted octanol–water partition coefficient (Wildman–Crippen LogP) is 2.00. The minimum Gasteiger partial charge on any atom is -0.419 e. The molecule has 1 aliphatic carbocycles. The molecule has 2 aromatic rings. The number of ether oxygens (including phenoxy) is 1. The molecule has 0 bridgehead atoms. The van der Waals surface area contributed by atoms with Gasteiger partial charge in [0.2, 0.25) is 11.8 Å². The molecule has 0 unspecified atom stereocenters. The van der Waals surface area contributed by atoms with Gasteiger partial charge >= 0.3 is 0 Å². The van der Waals surface area contributed by atoms with Gasteiger partial charge < -0.3 is 14.5 Å². The minimum absolute atomic E-state index is 0.403. The lowest BCUT2D eigenvalue weighted by Crippen LogP contribution is -2.44. The SMILES string of the molecule is COC1CC(NCc2nnc(-c3ccccc3)o2)C1. The van der Waals surface area contributed by atoms with Crippen LogP contribution in [0.25, 0.3) is 11.5 Å². The van der Waals surface area contributed by atoms with Gasteiger partial charge in [-0.3, -0.25) is 0 Å². The number of benzene rings is 1. The Balaban J connectivity index is 1.54. The number of rotatable bonds is 5. The third kappa shape index (κ3) is 2.83. The lowest BCUT2D eigenvalue weighted by atomic mass is 9.89. The molecule has 1 saturated carbocycles. The van der Waals surface area contributed by atoms with Crippen LogP contribution < -0.4 is 5.32 Å². The molecule has 0 spiro atoms. The van der Waals surface area contributed by atoms with Crippen molar-refractivity contribution in [2.75, 3.05) is 7.11 Å². The maximum Gasteiger partial charge on any atom is 0.247 e. The maximum absolute atomic E-state index is 5.63. The monoisotopic (exact) mass is 259 g/mol. The molecule has 1 heterocycles. The summed E-state index contributed by atoms with van der Waals surface area (Å²) in [6.07, 6.45) is 2.51. The van der Waals surface area contributed by atoms with Crippen LogP contribution in [0.1, 0.15) is 18.7 Å². The third-order valence-corrected chi connectivity index (χ3v) is 3.46. The average molecular weight is 259 g/mol. The van der Waals surface area contributed by atoms with Gasteiger partial charge in [-0.15, -0.1) is 10.2 Å². The molecule has 3 rings (SSSR count). The van der Waals surface area contributed by atoms with Crippen molar-refractivity contribution in [2.24, 2.45) is 0 Å². The van der Waals surface area contributed by atoms with Crippen molar-refractivity contribution >= 4 is 0 Å². The van der Waals surface area contributed by atoms with E-state index in [1.807, 2.05) is 30.3 Å². The van der Waals surface area contributed by atoms with Gasteiger partial charge in [-0.2, -0.15) is 0 Å². The Hall–Kier alpha value is -1.72. The van der Waals surface area contributed by atoms with E-state index in [0.29, 0.717) is 30.5 Å². The van der Waals surface area contributed by atoms with Crippen LogP contribution in [0, 0.1) is 0 Å². The number of nitrogens with one attached hydrogen (secondary N) is 1. The molecule has 1 aromatic carbocycles. The molecule has 100 valence electrons. The van der Waals surface area contributed by atoms with E-state index in [4.69, 9.17) is 9.15 Å². The van der Waals surface area contributed by atoms with Gasteiger partial charge in [-0.1, -0.05) is 18.2 Å². The average Bonchev–Trinajstić information content (AvgIpc) is 2.87. The zero-order valence-corrected chi connectivity index (χ0v) is 10.9. The van der Waals surface area contributed by atoms with Gasteiger partial charge in [0, 0.05) is 18.7 Å². The summed E-state index contributed by atoms with van der Waals surface area (Å²) in [4.78, 5) is 0. The normalized spacial score (nSPS) is 22.2. The second-order valence-corrected chi connectivity index (χ2v) is 4.77. The van der Waals surface area contributed by atoms with Crippen molar-refractivity contribution in [3.05, 3.63) is 36.2 Å². The van der Waals surface area contributed by atoms with E-state index in [9.17, 15) is 0 Å². The largest absolute Gasteiger partial charge is 0.419 e. The quantitative estimate of drug-likeness (QED) is 0.890. The van der Waals surface area contributed by atoms with Crippen LogP contribution in [0.4, 0.5) is 0 Å². The molecule has 0 radical (unpaired) electrons. The highest BCUT2D eigenvalue weighted by Crippen LogP contribution is 2.23. The topological polar surface area (TPSA) is 60.2 Å². The zero-order valence-electron chi connectivity index (χ0n) is 10.9. The lowest BCUT2D eigenvalue weighted by molar-refractivity contribution is 0.0164. The van der Waals surface area contributed by atoms with Crippen molar-refractivity contribution in [3.8, 4) is 11.5 Å². The van der Waals surface area contributed by atoms with Gasteiger partial charge in [0.15, 0.2) is 0 Å². The first-order valence-corrected chi connectivity index (χ1v) is 6.49. The standard InChI is InChI=1S/C14H17N3O2/c1-18-12-7-11(8-12)15-9-13-16-17-14(19-13)10-5-3-2-4-6-10/h2-6,11-12,15H,7-9H2,1H3. The van der Waals surface area contributed by atoms with Crippen LogP contribution in [-0.2, 0) is 11.3 Å². The van der Waals surface area contributed by atoms with Crippen LogP contribution in [-0.4, -0.2) is 29.5 Å². The molecule has 1 fully saturated rings. The minimum atomic E-state index is 0.403. The molecule has 5 heteroatoms. The van der Waals surface area contributed by atoms with Gasteiger partial charge in [0.1, 0.15) is 0 Å². The van der Waals surface area contributed by atoms with Crippen molar-refractivity contribution in [2.45, 2.75) is 31.5 Å². The molecule has 1 aromatic heterocycles. The summed E-state index contributed by atoms with van der Waals surface area (Å²) in [6, 6.07) is 10.3. The number of methoxy groups -OCH3 is 1. The summed E-state index contributed by atoms with van der Waals surface area (Å²) in [5.41, 5.74) is 0.948. The number of hydrogen-bond donors (Lipinski definition) is 1. The van der Waals surface area contributed by atoms with Gasteiger partial charge in [0.05, 0.1) is 12.6 Å². The van der Waals surface area contributed by atoms with Gasteiger partial charge in [-0.05, 0) is 25.0 Å². The fraction of sp³-hybridized carbons (Fsp3) is 0.429. The highest BCUT2D eigenvalue weighted by Gasteiger charge is 2.28. The predicted molar refractivity (Wildman–Crippen MR) is 70.4 cm³/mol. The smallest absolute Gasteiger partial charge is 0.247 e. The van der Waals surface area contributed by atoms with Crippen LogP contribution in [0.2, 0.25) is 0 Å². The van der Waals surface area contributed by atoms with E-state index >= 15 is 0 Å². The number of aromatic nitrogens is 2. The van der Waals surface area contributed by atoms with E-state index in [-0.39, 0.29) is 0 Å². The summed E-state index contributed by atoms with van der Waals surface area (Å²) in [7, 11) is 1.75. The van der Waals surface area contributed by atoms with Crippen LogP contribution >= 0.6 is 0 Å². The van der Waals surface area contributed by atoms with E-state index in [0.717, 1.165) is 18.4 Å². The van der Waals surface area contributed by atoms with E-state index in [1.165, 1.54) is 0 Å². The molecule has 0 aliphatic heterocycles. The van der Waals surface area contributed by atoms with Crippen LogP contribution in [0.15, 0.2) is 34.7 Å². The Kier molecular flexibility index (Phi) is 3.57. The van der Waals surface area contributed by atoms with Gasteiger partial charge in [-0.25, -0.2) is 0 Å². The Morgan fingerprint density at radius 3 is 2.79 bits per heavy atom. The van der Waals surface area contributed by atoms with E-state index in [1.54, 1.807) is 7.11 Å². The fourth-order valence-corrected chi connectivity index (χ4v) is 2.18. The summed E-state index contributed by atoms with van der Waals surface area (Å²) in [5, 5.41) is 11.5. The van der Waals surface area contributed by atoms with Crippen LogP contribution in [0.3, 0.4) is 0 Å². The Labute approximate surface area is 112 Å². The number of hydrogen-bond acceptors (Lipinski definition) is 5. The summed E-state index contributed by atoms with van der Waals surface area (Å²) >= 11 is 0.